The topological polar surface area (TPSA) is 21.3 Å². The first-order valence-corrected chi connectivity index (χ1v) is 8.99. The maximum absolute atomic E-state index is 13.6. The van der Waals surface area contributed by atoms with Crippen LogP contribution in [0.1, 0.15) is 16.7 Å². The Bertz CT molecular complexity index is 836. The molecule has 0 aliphatic carbocycles. The molecule has 0 aromatic heterocycles. The molecule has 4 heteroatoms. The van der Waals surface area contributed by atoms with E-state index in [1.165, 1.54) is 6.07 Å². The zero-order valence-corrected chi connectivity index (χ0v) is 15.2. The second kappa shape index (κ2) is 9.37. The van der Waals surface area contributed by atoms with Crippen molar-refractivity contribution in [2.75, 3.05) is 6.54 Å². The Hall–Kier alpha value is -2.36. The number of halogens is 2. The Labute approximate surface area is 158 Å². The largest absolute Gasteiger partial charge is 0.489 e. The van der Waals surface area contributed by atoms with Gasteiger partial charge in [0.1, 0.15) is 18.2 Å². The lowest BCUT2D eigenvalue weighted by Crippen LogP contribution is -2.17. The number of hydrogen-bond acceptors (Lipinski definition) is 2. The molecule has 0 bridgehead atoms. The van der Waals surface area contributed by atoms with Gasteiger partial charge in [-0.1, -0.05) is 60.1 Å². The van der Waals surface area contributed by atoms with E-state index < -0.39 is 0 Å². The summed E-state index contributed by atoms with van der Waals surface area (Å²) in [6.45, 7) is 1.86. The second-order valence-electron chi connectivity index (χ2n) is 6.04. The SMILES string of the molecule is Fc1ccccc1CCNCc1ccccc1OCc1ccc(Cl)cc1. The van der Waals surface area contributed by atoms with Crippen LogP contribution in [0.5, 0.6) is 5.75 Å². The van der Waals surface area contributed by atoms with E-state index in [2.05, 4.69) is 5.32 Å². The van der Waals surface area contributed by atoms with E-state index >= 15 is 0 Å². The van der Waals surface area contributed by atoms with Gasteiger partial charge in [-0.2, -0.15) is 0 Å². The van der Waals surface area contributed by atoms with Gasteiger partial charge in [0.05, 0.1) is 0 Å². The number of ether oxygens (including phenoxy) is 1. The Kier molecular flexibility index (Phi) is 6.64. The lowest BCUT2D eigenvalue weighted by atomic mass is 10.1. The van der Waals surface area contributed by atoms with Crippen molar-refractivity contribution in [3.8, 4) is 5.75 Å². The monoisotopic (exact) mass is 369 g/mol. The van der Waals surface area contributed by atoms with Gasteiger partial charge in [-0.15, -0.1) is 0 Å². The quantitative estimate of drug-likeness (QED) is 0.537. The third-order valence-electron chi connectivity index (χ3n) is 4.12. The molecule has 1 N–H and O–H groups in total. The van der Waals surface area contributed by atoms with E-state index in [0.717, 1.165) is 22.4 Å². The van der Waals surface area contributed by atoms with Crippen LogP contribution in [0, 0.1) is 5.82 Å². The molecule has 0 heterocycles. The summed E-state index contributed by atoms with van der Waals surface area (Å²) < 4.78 is 19.6. The van der Waals surface area contributed by atoms with Crippen molar-refractivity contribution < 1.29 is 9.13 Å². The van der Waals surface area contributed by atoms with Crippen LogP contribution in [-0.2, 0) is 19.6 Å². The Morgan fingerprint density at radius 1 is 0.846 bits per heavy atom. The minimum atomic E-state index is -0.152. The zero-order chi connectivity index (χ0) is 18.2. The van der Waals surface area contributed by atoms with Gasteiger partial charge in [0.25, 0.3) is 0 Å². The molecule has 134 valence electrons. The first-order valence-electron chi connectivity index (χ1n) is 8.61. The highest BCUT2D eigenvalue weighted by Gasteiger charge is 2.04. The van der Waals surface area contributed by atoms with Crippen molar-refractivity contribution in [2.45, 2.75) is 19.6 Å². The van der Waals surface area contributed by atoms with Crippen LogP contribution in [0.4, 0.5) is 4.39 Å². The van der Waals surface area contributed by atoms with Crippen molar-refractivity contribution in [3.63, 3.8) is 0 Å². The molecule has 0 radical (unpaired) electrons. The van der Waals surface area contributed by atoms with Gasteiger partial charge in [0.2, 0.25) is 0 Å². The Morgan fingerprint density at radius 3 is 2.31 bits per heavy atom. The molecule has 2 nitrogen and oxygen atoms in total. The van der Waals surface area contributed by atoms with E-state index in [9.17, 15) is 4.39 Å². The molecule has 0 atom stereocenters. The molecule has 0 spiro atoms. The minimum Gasteiger partial charge on any atom is -0.489 e. The van der Waals surface area contributed by atoms with E-state index in [4.69, 9.17) is 16.3 Å². The van der Waals surface area contributed by atoms with Crippen LogP contribution in [0.2, 0.25) is 5.02 Å². The van der Waals surface area contributed by atoms with Gasteiger partial charge in [-0.05, 0) is 48.4 Å². The maximum Gasteiger partial charge on any atom is 0.126 e. The molecule has 3 aromatic rings. The van der Waals surface area contributed by atoms with Crippen molar-refractivity contribution >= 4 is 11.6 Å². The smallest absolute Gasteiger partial charge is 0.126 e. The van der Waals surface area contributed by atoms with Gasteiger partial charge in [-0.25, -0.2) is 4.39 Å². The fourth-order valence-corrected chi connectivity index (χ4v) is 2.81. The van der Waals surface area contributed by atoms with Crippen LogP contribution in [0.3, 0.4) is 0 Å². The van der Waals surface area contributed by atoms with Crippen LogP contribution in [-0.4, -0.2) is 6.54 Å². The molecule has 0 aliphatic rings. The second-order valence-corrected chi connectivity index (χ2v) is 6.48. The van der Waals surface area contributed by atoms with Crippen LogP contribution < -0.4 is 10.1 Å². The molecular formula is C22H21ClFNO. The lowest BCUT2D eigenvalue weighted by Gasteiger charge is -2.12. The predicted octanol–water partition coefficient (Wildman–Crippen LogP) is 5.39. The molecule has 26 heavy (non-hydrogen) atoms. The van der Waals surface area contributed by atoms with Gasteiger partial charge in [0.15, 0.2) is 0 Å². The Morgan fingerprint density at radius 2 is 1.54 bits per heavy atom. The van der Waals surface area contributed by atoms with Crippen molar-refractivity contribution in [3.05, 3.63) is 100 Å². The summed E-state index contributed by atoms with van der Waals surface area (Å²) in [6.07, 6.45) is 0.653. The fourth-order valence-electron chi connectivity index (χ4n) is 2.68. The van der Waals surface area contributed by atoms with Crippen molar-refractivity contribution in [1.29, 1.82) is 0 Å². The van der Waals surface area contributed by atoms with Crippen LogP contribution in [0.25, 0.3) is 0 Å². The molecule has 0 saturated carbocycles. The minimum absolute atomic E-state index is 0.152. The highest BCUT2D eigenvalue weighted by atomic mass is 35.5. The summed E-state index contributed by atoms with van der Waals surface area (Å²) in [7, 11) is 0. The fraction of sp³-hybridized carbons (Fsp3) is 0.182. The number of para-hydroxylation sites is 1. The van der Waals surface area contributed by atoms with E-state index in [0.29, 0.717) is 31.1 Å². The third kappa shape index (κ3) is 5.32. The van der Waals surface area contributed by atoms with Crippen molar-refractivity contribution in [1.82, 2.24) is 5.32 Å². The van der Waals surface area contributed by atoms with Crippen LogP contribution in [0.15, 0.2) is 72.8 Å². The Balaban J connectivity index is 1.52. The molecule has 0 aliphatic heterocycles. The first kappa shape index (κ1) is 18.4. The number of nitrogens with one attached hydrogen (secondary N) is 1. The third-order valence-corrected chi connectivity index (χ3v) is 4.38. The summed E-state index contributed by atoms with van der Waals surface area (Å²) in [5.74, 6) is 0.696. The molecule has 3 aromatic carbocycles. The summed E-state index contributed by atoms with van der Waals surface area (Å²) >= 11 is 5.91. The number of benzene rings is 3. The van der Waals surface area contributed by atoms with Crippen LogP contribution >= 0.6 is 11.6 Å². The highest BCUT2D eigenvalue weighted by Crippen LogP contribution is 2.20. The van der Waals surface area contributed by atoms with Gasteiger partial charge in [-0.3, -0.25) is 0 Å². The first-order chi connectivity index (χ1) is 12.7. The van der Waals surface area contributed by atoms with Gasteiger partial charge >= 0.3 is 0 Å². The average Bonchev–Trinajstić information content (AvgIpc) is 2.67. The molecule has 0 unspecified atom stereocenters. The number of rotatable bonds is 8. The highest BCUT2D eigenvalue weighted by molar-refractivity contribution is 6.30. The normalized spacial score (nSPS) is 10.7. The molecule has 0 amide bonds. The van der Waals surface area contributed by atoms with Gasteiger partial charge < -0.3 is 10.1 Å². The molecular weight excluding hydrogens is 349 g/mol. The van der Waals surface area contributed by atoms with Crippen molar-refractivity contribution in [2.24, 2.45) is 0 Å². The summed E-state index contributed by atoms with van der Waals surface area (Å²) in [6, 6.07) is 22.5. The standard InChI is InChI=1S/C22H21ClFNO/c23-20-11-9-17(10-12-20)16-26-22-8-4-2-6-19(22)15-25-14-13-18-5-1-3-7-21(18)24/h1-12,25H,13-16H2. The molecule has 3 rings (SSSR count). The van der Waals surface area contributed by atoms with Gasteiger partial charge in [0, 0.05) is 17.1 Å². The van der Waals surface area contributed by atoms with E-state index in [1.54, 1.807) is 6.07 Å². The summed E-state index contributed by atoms with van der Waals surface area (Å²) in [4.78, 5) is 0. The maximum atomic E-state index is 13.6. The lowest BCUT2D eigenvalue weighted by molar-refractivity contribution is 0.302. The van der Waals surface area contributed by atoms with E-state index in [-0.39, 0.29) is 5.82 Å². The summed E-state index contributed by atoms with van der Waals surface area (Å²) in [5, 5.41) is 4.08. The predicted molar refractivity (Wildman–Crippen MR) is 104 cm³/mol. The number of hydrogen-bond donors (Lipinski definition) is 1. The molecule has 0 fully saturated rings. The molecule has 0 saturated heterocycles. The van der Waals surface area contributed by atoms with E-state index in [1.807, 2.05) is 60.7 Å². The summed E-state index contributed by atoms with van der Waals surface area (Å²) in [5.41, 5.74) is 2.87. The average molecular weight is 370 g/mol. The zero-order valence-electron chi connectivity index (χ0n) is 14.4.